The van der Waals surface area contributed by atoms with Crippen LogP contribution < -0.4 is 9.47 Å². The van der Waals surface area contributed by atoms with Crippen molar-refractivity contribution in [2.75, 3.05) is 13.2 Å². The molecule has 198 valence electrons. The predicted molar refractivity (Wildman–Crippen MR) is 161 cm³/mol. The van der Waals surface area contributed by atoms with Crippen LogP contribution in [0.5, 0.6) is 11.5 Å². The fourth-order valence-corrected chi connectivity index (χ4v) is 6.01. The lowest BCUT2D eigenvalue weighted by atomic mass is 10.1. The van der Waals surface area contributed by atoms with Gasteiger partial charge in [0.2, 0.25) is 0 Å². The number of halogens is 1. The Hall–Kier alpha value is -3.55. The topological polar surface area (TPSA) is 55.8 Å². The van der Waals surface area contributed by atoms with Crippen LogP contribution in [-0.2, 0) is 17.8 Å². The predicted octanol–water partition coefficient (Wildman–Crippen LogP) is 8.25. The third kappa shape index (κ3) is 6.37. The van der Waals surface area contributed by atoms with E-state index in [2.05, 4.69) is 52.3 Å². The second-order valence-corrected chi connectivity index (χ2v) is 11.0. The summed E-state index contributed by atoms with van der Waals surface area (Å²) in [4.78, 5) is 27.4. The number of hydrogen-bond donors (Lipinski definition) is 0. The first-order valence-corrected chi connectivity index (χ1v) is 14.5. The molecule has 0 spiro atoms. The molecule has 0 saturated carbocycles. The molecule has 1 heterocycles. The van der Waals surface area contributed by atoms with Crippen LogP contribution in [0.25, 0.3) is 16.8 Å². The third-order valence-electron chi connectivity index (χ3n) is 6.44. The van der Waals surface area contributed by atoms with Gasteiger partial charge in [-0.1, -0.05) is 72.8 Å². The molecule has 4 aromatic rings. The van der Waals surface area contributed by atoms with Crippen LogP contribution in [0.1, 0.15) is 30.0 Å². The number of carbonyl (C=O) groups is 2. The third-order valence-corrected chi connectivity index (χ3v) is 7.94. The molecule has 5 nitrogen and oxygen atoms in total. The van der Waals surface area contributed by atoms with Crippen molar-refractivity contribution in [3.63, 3.8) is 0 Å². The van der Waals surface area contributed by atoms with Crippen molar-refractivity contribution in [3.05, 3.63) is 111 Å². The van der Waals surface area contributed by atoms with Gasteiger partial charge in [-0.2, -0.15) is 0 Å². The number of carbonyl (C=O) groups excluding carboxylic acids is 2. The zero-order chi connectivity index (χ0) is 27.2. The summed E-state index contributed by atoms with van der Waals surface area (Å²) in [7, 11) is 0. The molecule has 0 bridgehead atoms. The molecular formula is C32H28BrNO4S. The molecule has 0 radical (unpaired) electrons. The summed E-state index contributed by atoms with van der Waals surface area (Å²) in [6.07, 6.45) is 3.27. The Balaban J connectivity index is 1.31. The van der Waals surface area contributed by atoms with E-state index in [1.807, 2.05) is 55.5 Å². The zero-order valence-electron chi connectivity index (χ0n) is 21.6. The van der Waals surface area contributed by atoms with Crippen molar-refractivity contribution in [1.29, 1.82) is 0 Å². The molecule has 0 atom stereocenters. The SMILES string of the molecule is CCOc1cc(/C=C2/SC(=O)N(CCCc3ccccc3)C2=O)cc(Br)c1OCc1cccc2ccccc12. The first-order chi connectivity index (χ1) is 19.0. The van der Waals surface area contributed by atoms with Crippen LogP contribution in [-0.4, -0.2) is 29.2 Å². The van der Waals surface area contributed by atoms with Gasteiger partial charge < -0.3 is 9.47 Å². The van der Waals surface area contributed by atoms with Crippen molar-refractivity contribution in [1.82, 2.24) is 4.90 Å². The number of nitrogens with zero attached hydrogens (tertiary/aromatic N) is 1. The van der Waals surface area contributed by atoms with Crippen LogP contribution in [0, 0.1) is 0 Å². The van der Waals surface area contributed by atoms with Gasteiger partial charge in [-0.25, -0.2) is 0 Å². The molecule has 0 aromatic heterocycles. The molecule has 39 heavy (non-hydrogen) atoms. The van der Waals surface area contributed by atoms with Crippen LogP contribution >= 0.6 is 27.7 Å². The van der Waals surface area contributed by atoms with E-state index in [0.29, 0.717) is 40.6 Å². The lowest BCUT2D eigenvalue weighted by molar-refractivity contribution is -0.122. The molecule has 4 aromatic carbocycles. The van der Waals surface area contributed by atoms with E-state index in [-0.39, 0.29) is 11.1 Å². The van der Waals surface area contributed by atoms with Crippen molar-refractivity contribution < 1.29 is 19.1 Å². The van der Waals surface area contributed by atoms with E-state index in [0.717, 1.165) is 46.5 Å². The maximum Gasteiger partial charge on any atom is 0.293 e. The molecule has 0 aliphatic carbocycles. The monoisotopic (exact) mass is 601 g/mol. The highest BCUT2D eigenvalue weighted by atomic mass is 79.9. The van der Waals surface area contributed by atoms with Gasteiger partial charge in [0.05, 0.1) is 16.0 Å². The summed E-state index contributed by atoms with van der Waals surface area (Å²) in [5.74, 6) is 0.903. The smallest absolute Gasteiger partial charge is 0.293 e. The van der Waals surface area contributed by atoms with Crippen LogP contribution in [0.3, 0.4) is 0 Å². The summed E-state index contributed by atoms with van der Waals surface area (Å²) in [6, 6.07) is 28.2. The maximum atomic E-state index is 13.0. The number of ether oxygens (including phenoxy) is 2. The Morgan fingerprint density at radius 2 is 1.69 bits per heavy atom. The largest absolute Gasteiger partial charge is 0.490 e. The van der Waals surface area contributed by atoms with Gasteiger partial charge in [0, 0.05) is 6.54 Å². The van der Waals surface area contributed by atoms with Crippen LogP contribution in [0.2, 0.25) is 0 Å². The minimum absolute atomic E-state index is 0.238. The molecule has 0 N–H and O–H groups in total. The van der Waals surface area contributed by atoms with Gasteiger partial charge in [-0.15, -0.1) is 0 Å². The normalized spacial score (nSPS) is 14.4. The zero-order valence-corrected chi connectivity index (χ0v) is 24.0. The minimum atomic E-state index is -0.261. The Bertz CT molecular complexity index is 1530. The number of rotatable bonds is 10. The number of amides is 2. The van der Waals surface area contributed by atoms with Gasteiger partial charge in [0.1, 0.15) is 6.61 Å². The molecule has 1 aliphatic heterocycles. The number of thioether (sulfide) groups is 1. The average Bonchev–Trinajstić information content (AvgIpc) is 3.20. The second-order valence-electron chi connectivity index (χ2n) is 9.11. The van der Waals surface area contributed by atoms with E-state index in [1.54, 1.807) is 6.08 Å². The van der Waals surface area contributed by atoms with Crippen LogP contribution in [0.15, 0.2) is 94.3 Å². The molecule has 5 rings (SSSR count). The Kier molecular flexibility index (Phi) is 8.69. The van der Waals surface area contributed by atoms with Gasteiger partial charge >= 0.3 is 0 Å². The van der Waals surface area contributed by atoms with E-state index >= 15 is 0 Å². The van der Waals surface area contributed by atoms with Gasteiger partial charge in [0.25, 0.3) is 11.1 Å². The van der Waals surface area contributed by atoms with E-state index < -0.39 is 0 Å². The Morgan fingerprint density at radius 1 is 0.923 bits per heavy atom. The highest BCUT2D eigenvalue weighted by Crippen LogP contribution is 2.40. The van der Waals surface area contributed by atoms with E-state index in [1.165, 1.54) is 10.5 Å². The average molecular weight is 603 g/mol. The lowest BCUT2D eigenvalue weighted by Gasteiger charge is -2.16. The van der Waals surface area contributed by atoms with Crippen LogP contribution in [0.4, 0.5) is 4.79 Å². The second kappa shape index (κ2) is 12.5. The quantitative estimate of drug-likeness (QED) is 0.171. The first-order valence-electron chi connectivity index (χ1n) is 12.9. The minimum Gasteiger partial charge on any atom is -0.490 e. The molecule has 0 unspecified atom stereocenters. The van der Waals surface area contributed by atoms with Gasteiger partial charge in [-0.3, -0.25) is 14.5 Å². The maximum absolute atomic E-state index is 13.0. The summed E-state index contributed by atoms with van der Waals surface area (Å²) >= 11 is 4.60. The lowest BCUT2D eigenvalue weighted by Crippen LogP contribution is -2.29. The Morgan fingerprint density at radius 3 is 2.51 bits per heavy atom. The molecule has 1 saturated heterocycles. The summed E-state index contributed by atoms with van der Waals surface area (Å²) < 4.78 is 12.9. The van der Waals surface area contributed by atoms with Crippen molar-refractivity contribution in [2.24, 2.45) is 0 Å². The highest BCUT2D eigenvalue weighted by molar-refractivity contribution is 9.10. The molecule has 1 aliphatic rings. The fraction of sp³-hybridized carbons (Fsp3) is 0.188. The summed E-state index contributed by atoms with van der Waals surface area (Å²) in [5, 5.41) is 2.07. The number of benzene rings is 4. The van der Waals surface area contributed by atoms with Gasteiger partial charge in [0.15, 0.2) is 11.5 Å². The molecule has 1 fully saturated rings. The Labute approximate surface area is 240 Å². The van der Waals surface area contributed by atoms with Crippen molar-refractivity contribution in [2.45, 2.75) is 26.4 Å². The number of aryl methyl sites for hydroxylation is 1. The molecular weight excluding hydrogens is 574 g/mol. The standard InChI is InChI=1S/C32H28BrNO4S/c1-2-37-28-19-23(18-27(33)30(28)38-21-25-15-8-14-24-13-6-7-16-26(24)25)20-29-31(35)34(32(36)39-29)17-9-12-22-10-4-3-5-11-22/h3-8,10-11,13-16,18-20H,2,9,12,17,21H2,1H3/b29-20+. The summed E-state index contributed by atoms with van der Waals surface area (Å²) in [5.41, 5.74) is 3.01. The number of fused-ring (bicyclic) bond motifs is 1. The number of hydrogen-bond acceptors (Lipinski definition) is 5. The fourth-order valence-electron chi connectivity index (χ4n) is 4.57. The first kappa shape index (κ1) is 27.0. The van der Waals surface area contributed by atoms with Crippen molar-refractivity contribution >= 4 is 55.7 Å². The molecule has 7 heteroatoms. The number of imide groups is 1. The van der Waals surface area contributed by atoms with E-state index in [4.69, 9.17) is 9.47 Å². The highest BCUT2D eigenvalue weighted by Gasteiger charge is 2.34. The molecule has 2 amide bonds. The van der Waals surface area contributed by atoms with Gasteiger partial charge in [-0.05, 0) is 93.1 Å². The summed E-state index contributed by atoms with van der Waals surface area (Å²) in [6.45, 7) is 3.14. The van der Waals surface area contributed by atoms with Crippen molar-refractivity contribution in [3.8, 4) is 11.5 Å². The van der Waals surface area contributed by atoms with E-state index in [9.17, 15) is 9.59 Å².